The maximum Gasteiger partial charge on any atom is 0.255 e. The number of carbonyl (C=O) groups excluding carboxylic acids is 2. The van der Waals surface area contributed by atoms with Crippen molar-refractivity contribution in [3.63, 3.8) is 0 Å². The number of H-pyrrole nitrogens is 1. The van der Waals surface area contributed by atoms with Crippen molar-refractivity contribution in [2.75, 3.05) is 12.4 Å². The van der Waals surface area contributed by atoms with Crippen LogP contribution < -0.4 is 10.6 Å². The van der Waals surface area contributed by atoms with Crippen LogP contribution >= 0.6 is 0 Å². The summed E-state index contributed by atoms with van der Waals surface area (Å²) in [6.45, 7) is 0. The van der Waals surface area contributed by atoms with Gasteiger partial charge in [0.05, 0.1) is 0 Å². The third-order valence-electron chi connectivity index (χ3n) is 4.00. The van der Waals surface area contributed by atoms with Gasteiger partial charge >= 0.3 is 0 Å². The lowest BCUT2D eigenvalue weighted by Crippen LogP contribution is -2.18. The number of hydrogen-bond donors (Lipinski definition) is 3. The SMILES string of the molecule is CNC(=O)CCc1ccccc1NC(=O)c1ccc(-c2ncn[nH]2)cc1. The van der Waals surface area contributed by atoms with E-state index in [1.165, 1.54) is 6.33 Å². The second-order valence-corrected chi connectivity index (χ2v) is 5.70. The summed E-state index contributed by atoms with van der Waals surface area (Å²) in [4.78, 5) is 28.1. The van der Waals surface area contributed by atoms with E-state index in [4.69, 9.17) is 0 Å². The lowest BCUT2D eigenvalue weighted by molar-refractivity contribution is -0.120. The molecule has 0 unspecified atom stereocenters. The standard InChI is InChI=1S/C19H19N5O2/c1-20-17(25)11-10-13-4-2-3-5-16(13)23-19(26)15-8-6-14(7-9-15)18-21-12-22-24-18/h2-9,12H,10-11H2,1H3,(H,20,25)(H,23,26)(H,21,22,24). The van der Waals surface area contributed by atoms with Crippen molar-refractivity contribution in [3.05, 3.63) is 66.0 Å². The van der Waals surface area contributed by atoms with Crippen LogP contribution in [0.15, 0.2) is 54.9 Å². The molecule has 0 radical (unpaired) electrons. The molecule has 0 fully saturated rings. The molecule has 0 bridgehead atoms. The Morgan fingerprint density at radius 2 is 1.85 bits per heavy atom. The quantitative estimate of drug-likeness (QED) is 0.636. The fourth-order valence-electron chi connectivity index (χ4n) is 2.55. The fraction of sp³-hybridized carbons (Fsp3) is 0.158. The first kappa shape index (κ1) is 17.3. The number of benzene rings is 2. The summed E-state index contributed by atoms with van der Waals surface area (Å²) in [5, 5.41) is 12.1. The fourth-order valence-corrected chi connectivity index (χ4v) is 2.55. The van der Waals surface area contributed by atoms with Crippen LogP contribution in [0, 0.1) is 0 Å². The number of aromatic amines is 1. The molecule has 0 aliphatic carbocycles. The molecule has 0 aliphatic heterocycles. The Balaban J connectivity index is 1.71. The summed E-state index contributed by atoms with van der Waals surface area (Å²) >= 11 is 0. The number of aromatic nitrogens is 3. The van der Waals surface area contributed by atoms with Gasteiger partial charge in [0.2, 0.25) is 5.91 Å². The van der Waals surface area contributed by atoms with Crippen LogP contribution in [0.5, 0.6) is 0 Å². The summed E-state index contributed by atoms with van der Waals surface area (Å²) in [5.41, 5.74) is 3.02. The molecule has 26 heavy (non-hydrogen) atoms. The summed E-state index contributed by atoms with van der Waals surface area (Å²) in [6, 6.07) is 14.6. The van der Waals surface area contributed by atoms with Crippen LogP contribution in [0.1, 0.15) is 22.3 Å². The Bertz CT molecular complexity index is 889. The Labute approximate surface area is 150 Å². The Morgan fingerprint density at radius 3 is 2.54 bits per heavy atom. The molecule has 0 spiro atoms. The first-order valence-electron chi connectivity index (χ1n) is 8.23. The number of amides is 2. The number of anilines is 1. The predicted octanol–water partition coefficient (Wildman–Crippen LogP) is 2.40. The normalized spacial score (nSPS) is 10.3. The zero-order valence-corrected chi connectivity index (χ0v) is 14.3. The predicted molar refractivity (Wildman–Crippen MR) is 98.6 cm³/mol. The number of nitrogens with one attached hydrogen (secondary N) is 3. The van der Waals surface area contributed by atoms with Crippen molar-refractivity contribution in [1.29, 1.82) is 0 Å². The van der Waals surface area contributed by atoms with Crippen LogP contribution in [-0.4, -0.2) is 34.0 Å². The molecule has 7 heteroatoms. The van der Waals surface area contributed by atoms with Gasteiger partial charge in [0.25, 0.3) is 5.91 Å². The monoisotopic (exact) mass is 349 g/mol. The average Bonchev–Trinajstić information content (AvgIpc) is 3.22. The highest BCUT2D eigenvalue weighted by Gasteiger charge is 2.11. The van der Waals surface area contributed by atoms with E-state index >= 15 is 0 Å². The second-order valence-electron chi connectivity index (χ2n) is 5.70. The van der Waals surface area contributed by atoms with Gasteiger partial charge in [-0.1, -0.05) is 30.3 Å². The Morgan fingerprint density at radius 1 is 1.08 bits per heavy atom. The number of rotatable bonds is 6. The van der Waals surface area contributed by atoms with Crippen molar-refractivity contribution in [3.8, 4) is 11.4 Å². The van der Waals surface area contributed by atoms with Gasteiger partial charge in [0.1, 0.15) is 6.33 Å². The second kappa shape index (κ2) is 8.06. The van der Waals surface area contributed by atoms with Gasteiger partial charge in [-0.05, 0) is 30.2 Å². The minimum absolute atomic E-state index is 0.0332. The lowest BCUT2D eigenvalue weighted by Gasteiger charge is -2.11. The van der Waals surface area contributed by atoms with Crippen LogP contribution in [0.4, 0.5) is 5.69 Å². The van der Waals surface area contributed by atoms with E-state index in [0.29, 0.717) is 29.9 Å². The van der Waals surface area contributed by atoms with Gasteiger partial charge in [0.15, 0.2) is 5.82 Å². The Hall–Kier alpha value is -3.48. The van der Waals surface area contributed by atoms with Crippen LogP contribution in [0.25, 0.3) is 11.4 Å². The molecule has 1 aromatic heterocycles. The van der Waals surface area contributed by atoms with Gasteiger partial charge in [-0.2, -0.15) is 5.10 Å². The molecule has 0 saturated carbocycles. The van der Waals surface area contributed by atoms with E-state index in [0.717, 1.165) is 11.1 Å². The minimum Gasteiger partial charge on any atom is -0.359 e. The number of aryl methyl sites for hydroxylation is 1. The summed E-state index contributed by atoms with van der Waals surface area (Å²) in [5.74, 6) is 0.409. The van der Waals surface area contributed by atoms with E-state index in [1.807, 2.05) is 36.4 Å². The maximum atomic E-state index is 12.5. The molecular formula is C19H19N5O2. The molecule has 0 aliphatic rings. The van der Waals surface area contributed by atoms with Crippen LogP contribution in [-0.2, 0) is 11.2 Å². The summed E-state index contributed by atoms with van der Waals surface area (Å²) in [7, 11) is 1.61. The molecule has 0 atom stereocenters. The van der Waals surface area contributed by atoms with E-state index < -0.39 is 0 Å². The largest absolute Gasteiger partial charge is 0.359 e. The number of para-hydroxylation sites is 1. The van der Waals surface area contributed by atoms with Crippen molar-refractivity contribution < 1.29 is 9.59 Å². The highest BCUT2D eigenvalue weighted by Crippen LogP contribution is 2.19. The van der Waals surface area contributed by atoms with Crippen LogP contribution in [0.2, 0.25) is 0 Å². The highest BCUT2D eigenvalue weighted by molar-refractivity contribution is 6.04. The maximum absolute atomic E-state index is 12.5. The lowest BCUT2D eigenvalue weighted by atomic mass is 10.1. The van der Waals surface area contributed by atoms with E-state index in [1.54, 1.807) is 19.2 Å². The average molecular weight is 349 g/mol. The van der Waals surface area contributed by atoms with Gasteiger partial charge < -0.3 is 10.6 Å². The molecule has 132 valence electrons. The number of hydrogen-bond acceptors (Lipinski definition) is 4. The Kier molecular flexibility index (Phi) is 5.38. The van der Waals surface area contributed by atoms with Crippen LogP contribution in [0.3, 0.4) is 0 Å². The van der Waals surface area contributed by atoms with Crippen molar-refractivity contribution in [1.82, 2.24) is 20.5 Å². The number of nitrogens with zero attached hydrogens (tertiary/aromatic N) is 2. The smallest absolute Gasteiger partial charge is 0.255 e. The third-order valence-corrected chi connectivity index (χ3v) is 4.00. The highest BCUT2D eigenvalue weighted by atomic mass is 16.2. The van der Waals surface area contributed by atoms with Crippen molar-refractivity contribution in [2.45, 2.75) is 12.8 Å². The molecule has 0 saturated heterocycles. The van der Waals surface area contributed by atoms with Crippen molar-refractivity contribution >= 4 is 17.5 Å². The first-order valence-corrected chi connectivity index (χ1v) is 8.23. The third kappa shape index (κ3) is 4.13. The summed E-state index contributed by atoms with van der Waals surface area (Å²) < 4.78 is 0. The topological polar surface area (TPSA) is 99.8 Å². The summed E-state index contributed by atoms with van der Waals surface area (Å²) in [6.07, 6.45) is 2.36. The zero-order valence-electron chi connectivity index (χ0n) is 14.3. The van der Waals surface area contributed by atoms with Crippen molar-refractivity contribution in [2.24, 2.45) is 0 Å². The first-order chi connectivity index (χ1) is 12.7. The minimum atomic E-state index is -0.207. The zero-order chi connectivity index (χ0) is 18.4. The number of carbonyl (C=O) groups is 2. The molecular weight excluding hydrogens is 330 g/mol. The molecule has 2 amide bonds. The van der Waals surface area contributed by atoms with Gasteiger partial charge in [-0.25, -0.2) is 4.98 Å². The molecule has 3 rings (SSSR count). The van der Waals surface area contributed by atoms with E-state index in [-0.39, 0.29) is 11.8 Å². The molecule has 7 nitrogen and oxygen atoms in total. The van der Waals surface area contributed by atoms with E-state index in [9.17, 15) is 9.59 Å². The molecule has 3 N–H and O–H groups in total. The van der Waals surface area contributed by atoms with Gasteiger partial charge in [-0.15, -0.1) is 0 Å². The van der Waals surface area contributed by atoms with Gasteiger partial charge in [0, 0.05) is 30.3 Å². The molecule has 3 aromatic rings. The molecule has 2 aromatic carbocycles. The van der Waals surface area contributed by atoms with E-state index in [2.05, 4.69) is 25.8 Å². The molecule has 1 heterocycles. The van der Waals surface area contributed by atoms with Gasteiger partial charge in [-0.3, -0.25) is 14.7 Å².